The number of carbonyl (C=O) groups is 1. The maximum absolute atomic E-state index is 12.0. The molecule has 8 heteroatoms. The van der Waals surface area contributed by atoms with Gasteiger partial charge in [0.25, 0.3) is 0 Å². The van der Waals surface area contributed by atoms with Crippen LogP contribution in [0.2, 0.25) is 0 Å². The van der Waals surface area contributed by atoms with Crippen LogP contribution in [0.25, 0.3) is 11.4 Å². The third-order valence-electron chi connectivity index (χ3n) is 4.78. The molecule has 1 amide bonds. The van der Waals surface area contributed by atoms with Crippen molar-refractivity contribution in [3.05, 3.63) is 35.7 Å². The smallest absolute Gasteiger partial charge is 0.227 e. The monoisotopic (exact) mass is 391 g/mol. The van der Waals surface area contributed by atoms with E-state index in [1.165, 1.54) is 5.56 Å². The van der Waals surface area contributed by atoms with Gasteiger partial charge in [-0.1, -0.05) is 43.3 Å². The molecule has 1 aromatic carbocycles. The Balaban J connectivity index is 1.47. The highest BCUT2D eigenvalue weighted by Gasteiger charge is 2.27. The molecule has 0 bridgehead atoms. The van der Waals surface area contributed by atoms with Gasteiger partial charge >= 0.3 is 0 Å². The number of nitrogens with zero attached hydrogens (tertiary/aromatic N) is 2. The molecule has 1 N–H and O–H groups in total. The predicted octanol–water partition coefficient (Wildman–Crippen LogP) is 2.34. The first-order valence-corrected chi connectivity index (χ1v) is 11.0. The Morgan fingerprint density at radius 1 is 1.30 bits per heavy atom. The number of benzene rings is 1. The summed E-state index contributed by atoms with van der Waals surface area (Å²) in [6.07, 6.45) is 1.20. The standard InChI is InChI=1S/C19H25N3O4S/c1-13(2)15-3-5-16(6-4-15)19-21-18(26-22-19)8-7-17(23)20-11-14-9-10-27(24,25)12-14/h3-6,13-14H,7-12H2,1-2H3,(H,20,23). The molecule has 1 aromatic heterocycles. The first-order valence-electron chi connectivity index (χ1n) is 9.22. The molecule has 1 aliphatic heterocycles. The van der Waals surface area contributed by atoms with Crippen LogP contribution in [0.1, 0.15) is 44.1 Å². The van der Waals surface area contributed by atoms with Crippen LogP contribution < -0.4 is 5.32 Å². The van der Waals surface area contributed by atoms with E-state index < -0.39 is 9.84 Å². The summed E-state index contributed by atoms with van der Waals surface area (Å²) >= 11 is 0. The zero-order chi connectivity index (χ0) is 19.4. The van der Waals surface area contributed by atoms with Crippen molar-refractivity contribution in [1.82, 2.24) is 15.5 Å². The van der Waals surface area contributed by atoms with E-state index in [1.54, 1.807) is 0 Å². The second-order valence-corrected chi connectivity index (χ2v) is 9.59. The lowest BCUT2D eigenvalue weighted by Crippen LogP contribution is -2.30. The van der Waals surface area contributed by atoms with E-state index in [4.69, 9.17) is 4.52 Å². The van der Waals surface area contributed by atoms with Gasteiger partial charge in [0.2, 0.25) is 17.6 Å². The molecule has 0 saturated carbocycles. The number of rotatable bonds is 7. The summed E-state index contributed by atoms with van der Waals surface area (Å²) in [4.78, 5) is 16.3. The van der Waals surface area contributed by atoms with Crippen molar-refractivity contribution in [2.45, 2.75) is 39.0 Å². The topological polar surface area (TPSA) is 102 Å². The fraction of sp³-hybridized carbons (Fsp3) is 0.526. The van der Waals surface area contributed by atoms with Crippen LogP contribution in [0, 0.1) is 5.92 Å². The fourth-order valence-corrected chi connectivity index (χ4v) is 4.95. The number of amides is 1. The number of carbonyl (C=O) groups excluding carboxylic acids is 1. The zero-order valence-electron chi connectivity index (χ0n) is 15.6. The van der Waals surface area contributed by atoms with Gasteiger partial charge in [-0.15, -0.1) is 0 Å². The van der Waals surface area contributed by atoms with Gasteiger partial charge in [0.1, 0.15) is 0 Å². The Bertz CT molecular complexity index is 888. The lowest BCUT2D eigenvalue weighted by Gasteiger charge is -2.08. The van der Waals surface area contributed by atoms with Crippen LogP contribution in [0.15, 0.2) is 28.8 Å². The van der Waals surface area contributed by atoms with Gasteiger partial charge in [-0.3, -0.25) is 4.79 Å². The minimum absolute atomic E-state index is 0.0165. The summed E-state index contributed by atoms with van der Waals surface area (Å²) in [7, 11) is -2.91. The van der Waals surface area contributed by atoms with E-state index in [9.17, 15) is 13.2 Å². The van der Waals surface area contributed by atoms with Gasteiger partial charge in [0.05, 0.1) is 11.5 Å². The molecule has 1 fully saturated rings. The predicted molar refractivity (Wildman–Crippen MR) is 102 cm³/mol. The lowest BCUT2D eigenvalue weighted by molar-refractivity contribution is -0.121. The maximum atomic E-state index is 12.0. The summed E-state index contributed by atoms with van der Waals surface area (Å²) in [5, 5.41) is 6.77. The molecule has 1 atom stereocenters. The average molecular weight is 391 g/mol. The largest absolute Gasteiger partial charge is 0.356 e. The van der Waals surface area contributed by atoms with E-state index in [2.05, 4.69) is 29.3 Å². The van der Waals surface area contributed by atoms with Gasteiger partial charge in [-0.2, -0.15) is 4.98 Å². The SMILES string of the molecule is CC(C)c1ccc(-c2noc(CCC(=O)NCC3CCS(=O)(=O)C3)n2)cc1. The highest BCUT2D eigenvalue weighted by atomic mass is 32.2. The highest BCUT2D eigenvalue weighted by Crippen LogP contribution is 2.21. The second-order valence-electron chi connectivity index (χ2n) is 7.36. The molecule has 0 radical (unpaired) electrons. The van der Waals surface area contributed by atoms with E-state index >= 15 is 0 Å². The van der Waals surface area contributed by atoms with Crippen LogP contribution in [0.5, 0.6) is 0 Å². The molecule has 2 heterocycles. The van der Waals surface area contributed by atoms with Crippen molar-refractivity contribution in [3.8, 4) is 11.4 Å². The quantitative estimate of drug-likeness (QED) is 0.777. The molecule has 0 spiro atoms. The Morgan fingerprint density at radius 2 is 2.04 bits per heavy atom. The summed E-state index contributed by atoms with van der Waals surface area (Å²) in [6.45, 7) is 4.67. The van der Waals surface area contributed by atoms with Crippen molar-refractivity contribution in [2.24, 2.45) is 5.92 Å². The Hall–Kier alpha value is -2.22. The number of aromatic nitrogens is 2. The van der Waals surface area contributed by atoms with Gasteiger partial charge in [-0.05, 0) is 23.8 Å². The summed E-state index contributed by atoms with van der Waals surface area (Å²) in [5.74, 6) is 1.64. The number of sulfone groups is 1. The van der Waals surface area contributed by atoms with Crippen molar-refractivity contribution in [3.63, 3.8) is 0 Å². The summed E-state index contributed by atoms with van der Waals surface area (Å²) < 4.78 is 28.1. The molecule has 146 valence electrons. The van der Waals surface area contributed by atoms with E-state index in [0.29, 0.717) is 37.0 Å². The molecule has 7 nitrogen and oxygen atoms in total. The van der Waals surface area contributed by atoms with Crippen molar-refractivity contribution in [1.29, 1.82) is 0 Å². The van der Waals surface area contributed by atoms with Crippen LogP contribution in [-0.4, -0.2) is 42.5 Å². The van der Waals surface area contributed by atoms with Crippen molar-refractivity contribution < 1.29 is 17.7 Å². The van der Waals surface area contributed by atoms with Crippen molar-refractivity contribution >= 4 is 15.7 Å². The molecule has 1 unspecified atom stereocenters. The molecule has 1 aliphatic rings. The third kappa shape index (κ3) is 5.38. The van der Waals surface area contributed by atoms with Crippen LogP contribution in [0.4, 0.5) is 0 Å². The van der Waals surface area contributed by atoms with Crippen LogP contribution in [0.3, 0.4) is 0 Å². The van der Waals surface area contributed by atoms with Gasteiger partial charge in [0, 0.05) is 24.9 Å². The number of hydrogen-bond acceptors (Lipinski definition) is 6. The molecule has 0 aliphatic carbocycles. The van der Waals surface area contributed by atoms with Crippen molar-refractivity contribution in [2.75, 3.05) is 18.1 Å². The number of aryl methyl sites for hydroxylation is 1. The van der Waals surface area contributed by atoms with E-state index in [-0.39, 0.29) is 29.8 Å². The summed E-state index contributed by atoms with van der Waals surface area (Å²) in [5.41, 5.74) is 2.12. The first-order chi connectivity index (χ1) is 12.8. The Kier molecular flexibility index (Phi) is 5.94. The molecule has 2 aromatic rings. The Labute approximate surface area is 159 Å². The lowest BCUT2D eigenvalue weighted by atomic mass is 10.0. The average Bonchev–Trinajstić information content (AvgIpc) is 3.24. The number of hydrogen-bond donors (Lipinski definition) is 1. The highest BCUT2D eigenvalue weighted by molar-refractivity contribution is 7.91. The number of nitrogens with one attached hydrogen (secondary N) is 1. The van der Waals surface area contributed by atoms with E-state index in [0.717, 1.165) is 5.56 Å². The molecule has 27 heavy (non-hydrogen) atoms. The van der Waals surface area contributed by atoms with Crippen LogP contribution >= 0.6 is 0 Å². The minimum atomic E-state index is -2.91. The van der Waals surface area contributed by atoms with Crippen LogP contribution in [-0.2, 0) is 21.1 Å². The fourth-order valence-electron chi connectivity index (χ4n) is 3.09. The Morgan fingerprint density at radius 3 is 2.67 bits per heavy atom. The molecule has 1 saturated heterocycles. The first kappa shape index (κ1) is 19.5. The normalized spacial score (nSPS) is 18.7. The third-order valence-corrected chi connectivity index (χ3v) is 6.62. The zero-order valence-corrected chi connectivity index (χ0v) is 16.5. The maximum Gasteiger partial charge on any atom is 0.227 e. The molecule has 3 rings (SSSR count). The van der Waals surface area contributed by atoms with Gasteiger partial charge in [0.15, 0.2) is 9.84 Å². The summed E-state index contributed by atoms with van der Waals surface area (Å²) in [6, 6.07) is 8.03. The molecular weight excluding hydrogens is 366 g/mol. The second kappa shape index (κ2) is 8.21. The van der Waals surface area contributed by atoms with Gasteiger partial charge < -0.3 is 9.84 Å². The van der Waals surface area contributed by atoms with E-state index in [1.807, 2.05) is 24.3 Å². The van der Waals surface area contributed by atoms with Gasteiger partial charge in [-0.25, -0.2) is 8.42 Å². The minimum Gasteiger partial charge on any atom is -0.356 e. The molecular formula is C19H25N3O4S.